The standard InChI is InChI=1S/C7H6O2.Ca.2H/c1-5-3-2-4-6(5)7(8)9;;;/h2-4H,1H2,(H,8,9);;;. The topological polar surface area (TPSA) is 37.3 Å². The third-order valence-corrected chi connectivity index (χ3v) is 1.14. The summed E-state index contributed by atoms with van der Waals surface area (Å²) >= 11 is 0. The summed E-state index contributed by atoms with van der Waals surface area (Å²) in [5.74, 6) is -0.912. The van der Waals surface area contributed by atoms with Crippen molar-refractivity contribution < 1.29 is 9.90 Å². The van der Waals surface area contributed by atoms with Gasteiger partial charge in [-0.15, -0.1) is 0 Å². The fourth-order valence-corrected chi connectivity index (χ4v) is 0.666. The van der Waals surface area contributed by atoms with Crippen LogP contribution in [-0.4, -0.2) is 48.8 Å². The quantitative estimate of drug-likeness (QED) is 0.562. The average Bonchev–Trinajstić information content (AvgIpc) is 2.13. The molecular formula is C7H8CaO2. The number of aliphatic carboxylic acids is 1. The molecule has 0 aromatic rings. The number of carboxylic acids is 1. The van der Waals surface area contributed by atoms with Crippen molar-refractivity contribution in [3.05, 3.63) is 36.0 Å². The second-order valence-corrected chi connectivity index (χ2v) is 1.77. The van der Waals surface area contributed by atoms with E-state index in [2.05, 4.69) is 6.58 Å². The van der Waals surface area contributed by atoms with Crippen LogP contribution in [0.3, 0.4) is 0 Å². The maximum atomic E-state index is 10.2. The van der Waals surface area contributed by atoms with Gasteiger partial charge < -0.3 is 5.11 Å². The Labute approximate surface area is 88.9 Å². The zero-order valence-corrected chi connectivity index (χ0v) is 4.79. The van der Waals surface area contributed by atoms with E-state index in [0.717, 1.165) is 0 Å². The van der Waals surface area contributed by atoms with Crippen molar-refractivity contribution in [3.8, 4) is 0 Å². The van der Waals surface area contributed by atoms with Gasteiger partial charge >= 0.3 is 43.7 Å². The summed E-state index contributed by atoms with van der Waals surface area (Å²) in [6.45, 7) is 3.52. The summed E-state index contributed by atoms with van der Waals surface area (Å²) in [6, 6.07) is 0. The number of hydrogen-bond donors (Lipinski definition) is 1. The first-order valence-electron chi connectivity index (χ1n) is 2.53. The van der Waals surface area contributed by atoms with Crippen molar-refractivity contribution in [2.45, 2.75) is 0 Å². The predicted molar refractivity (Wildman–Crippen MR) is 42.5 cm³/mol. The molecule has 0 aliphatic heterocycles. The Morgan fingerprint density at radius 1 is 1.60 bits per heavy atom. The first-order chi connectivity index (χ1) is 4.22. The summed E-state index contributed by atoms with van der Waals surface area (Å²) in [4.78, 5) is 10.2. The Hall–Kier alpha value is -0.0503. The van der Waals surface area contributed by atoms with Crippen LogP contribution in [0.2, 0.25) is 0 Å². The van der Waals surface area contributed by atoms with E-state index in [9.17, 15) is 4.79 Å². The second kappa shape index (κ2) is 3.96. The number of allylic oxidation sites excluding steroid dienone is 3. The second-order valence-electron chi connectivity index (χ2n) is 1.77. The number of hydrogen-bond acceptors (Lipinski definition) is 1. The van der Waals surface area contributed by atoms with Crippen molar-refractivity contribution >= 4 is 43.7 Å². The Bertz CT molecular complexity index is 226. The van der Waals surface area contributed by atoms with E-state index in [1.54, 1.807) is 12.2 Å². The van der Waals surface area contributed by atoms with Crippen molar-refractivity contribution in [3.63, 3.8) is 0 Å². The van der Waals surface area contributed by atoms with Gasteiger partial charge in [0.2, 0.25) is 0 Å². The molecule has 1 N–H and O–H groups in total. The van der Waals surface area contributed by atoms with Crippen LogP contribution < -0.4 is 0 Å². The van der Waals surface area contributed by atoms with Crippen LogP contribution in [0.15, 0.2) is 36.0 Å². The Morgan fingerprint density at radius 3 is 2.40 bits per heavy atom. The Kier molecular flexibility index (Phi) is 3.94. The fraction of sp³-hybridized carbons (Fsp3) is 0. The SMILES string of the molecule is C=C1C=CC=C1C(=O)O.[CaH2]. The molecule has 3 heteroatoms. The van der Waals surface area contributed by atoms with E-state index in [0.29, 0.717) is 5.57 Å². The normalized spacial score (nSPS) is 14.4. The van der Waals surface area contributed by atoms with Gasteiger partial charge in [-0.2, -0.15) is 0 Å². The molecule has 0 aromatic heterocycles. The molecule has 0 saturated carbocycles. The molecule has 0 heterocycles. The average molecular weight is 164 g/mol. The van der Waals surface area contributed by atoms with Crippen LogP contribution in [0.5, 0.6) is 0 Å². The van der Waals surface area contributed by atoms with Crippen LogP contribution in [0.1, 0.15) is 0 Å². The Balaban J connectivity index is 0.000000810. The van der Waals surface area contributed by atoms with Gasteiger partial charge in [0.15, 0.2) is 0 Å². The maximum absolute atomic E-state index is 10.2. The molecule has 0 amide bonds. The molecule has 50 valence electrons. The van der Waals surface area contributed by atoms with Crippen molar-refractivity contribution in [2.75, 3.05) is 0 Å². The molecule has 0 aromatic carbocycles. The number of carboxylic acid groups (broad SMARTS) is 1. The first-order valence-corrected chi connectivity index (χ1v) is 2.53. The molecule has 0 radical (unpaired) electrons. The van der Waals surface area contributed by atoms with Crippen LogP contribution in [0, 0.1) is 0 Å². The molecule has 0 atom stereocenters. The molecule has 0 spiro atoms. The van der Waals surface area contributed by atoms with Crippen molar-refractivity contribution in [1.29, 1.82) is 0 Å². The first kappa shape index (κ1) is 9.95. The molecule has 0 unspecified atom stereocenters. The van der Waals surface area contributed by atoms with E-state index < -0.39 is 5.97 Å². The minimum atomic E-state index is -0.912. The Morgan fingerprint density at radius 2 is 2.20 bits per heavy atom. The number of carbonyl (C=O) groups is 1. The van der Waals surface area contributed by atoms with Crippen molar-refractivity contribution in [1.82, 2.24) is 0 Å². The van der Waals surface area contributed by atoms with Gasteiger partial charge in [0, 0.05) is 0 Å². The van der Waals surface area contributed by atoms with Crippen LogP contribution in [0.25, 0.3) is 0 Å². The van der Waals surface area contributed by atoms with E-state index >= 15 is 0 Å². The predicted octanol–water partition coefficient (Wildman–Crippen LogP) is 0.207. The van der Waals surface area contributed by atoms with Gasteiger partial charge in [-0.1, -0.05) is 18.7 Å². The van der Waals surface area contributed by atoms with Gasteiger partial charge in [-0.25, -0.2) is 4.79 Å². The van der Waals surface area contributed by atoms with Gasteiger partial charge in [0.25, 0.3) is 0 Å². The van der Waals surface area contributed by atoms with Gasteiger partial charge in [0.1, 0.15) is 0 Å². The molecule has 0 saturated heterocycles. The zero-order valence-electron chi connectivity index (χ0n) is 4.79. The summed E-state index contributed by atoms with van der Waals surface area (Å²) in [5, 5.41) is 8.41. The molecule has 1 aliphatic rings. The molecular weight excluding hydrogens is 156 g/mol. The van der Waals surface area contributed by atoms with Gasteiger partial charge in [0.05, 0.1) is 5.57 Å². The number of rotatable bonds is 1. The third kappa shape index (κ3) is 1.97. The van der Waals surface area contributed by atoms with Crippen LogP contribution >= 0.6 is 0 Å². The minimum absolute atomic E-state index is 0. The third-order valence-electron chi connectivity index (χ3n) is 1.14. The monoisotopic (exact) mass is 164 g/mol. The van der Waals surface area contributed by atoms with E-state index in [1.165, 1.54) is 6.08 Å². The van der Waals surface area contributed by atoms with Crippen LogP contribution in [-0.2, 0) is 4.79 Å². The summed E-state index contributed by atoms with van der Waals surface area (Å²) in [7, 11) is 0. The fourth-order valence-electron chi connectivity index (χ4n) is 0.666. The molecule has 1 rings (SSSR count). The molecule has 1 aliphatic carbocycles. The molecule has 0 fully saturated rings. The summed E-state index contributed by atoms with van der Waals surface area (Å²) in [6.07, 6.45) is 4.87. The summed E-state index contributed by atoms with van der Waals surface area (Å²) in [5.41, 5.74) is 0.859. The van der Waals surface area contributed by atoms with Gasteiger partial charge in [-0.3, -0.25) is 0 Å². The molecule has 2 nitrogen and oxygen atoms in total. The molecule has 0 bridgehead atoms. The molecule has 10 heavy (non-hydrogen) atoms. The van der Waals surface area contributed by atoms with E-state index in [4.69, 9.17) is 5.11 Å². The zero-order chi connectivity index (χ0) is 6.85. The van der Waals surface area contributed by atoms with Crippen molar-refractivity contribution in [2.24, 2.45) is 0 Å². The van der Waals surface area contributed by atoms with Gasteiger partial charge in [-0.05, 0) is 11.6 Å². The summed E-state index contributed by atoms with van der Waals surface area (Å²) < 4.78 is 0. The van der Waals surface area contributed by atoms with E-state index in [-0.39, 0.29) is 43.3 Å². The van der Waals surface area contributed by atoms with Crippen LogP contribution in [0.4, 0.5) is 0 Å². The van der Waals surface area contributed by atoms with E-state index in [1.807, 2.05) is 0 Å².